The van der Waals surface area contributed by atoms with Gasteiger partial charge in [-0.2, -0.15) is 0 Å². The maximum Gasteiger partial charge on any atom is 0.333 e. The van der Waals surface area contributed by atoms with Gasteiger partial charge in [0.2, 0.25) is 0 Å². The van der Waals surface area contributed by atoms with Crippen LogP contribution in [0.5, 0.6) is 0 Å². The minimum absolute atomic E-state index is 0.156. The van der Waals surface area contributed by atoms with E-state index in [1.165, 1.54) is 38.5 Å². The first-order chi connectivity index (χ1) is 8.24. The summed E-state index contributed by atoms with van der Waals surface area (Å²) in [5, 5.41) is 0. The zero-order chi connectivity index (χ0) is 12.1. The zero-order valence-corrected chi connectivity index (χ0v) is 11.8. The van der Waals surface area contributed by atoms with E-state index in [4.69, 9.17) is 9.05 Å². The molecule has 0 saturated heterocycles. The van der Waals surface area contributed by atoms with Gasteiger partial charge in [-0.15, -0.1) is 0 Å². The molecular weight excluding hydrogens is 235 g/mol. The van der Waals surface area contributed by atoms with Crippen LogP contribution in [0.4, 0.5) is 0 Å². The summed E-state index contributed by atoms with van der Waals surface area (Å²) < 4.78 is 24.0. The second-order valence-electron chi connectivity index (χ2n) is 5.38. The lowest BCUT2D eigenvalue weighted by Crippen LogP contribution is -2.22. The molecule has 2 rings (SSSR count). The van der Waals surface area contributed by atoms with Crippen LogP contribution in [0, 0.1) is 0 Å². The van der Waals surface area contributed by atoms with Gasteiger partial charge in [-0.05, 0) is 25.7 Å². The third-order valence-electron chi connectivity index (χ3n) is 4.12. The Labute approximate surface area is 105 Å². The van der Waals surface area contributed by atoms with Crippen LogP contribution in [0.1, 0.15) is 64.2 Å². The van der Waals surface area contributed by atoms with Crippen molar-refractivity contribution in [1.82, 2.24) is 0 Å². The Morgan fingerprint density at radius 1 is 0.882 bits per heavy atom. The van der Waals surface area contributed by atoms with Crippen molar-refractivity contribution in [3.05, 3.63) is 0 Å². The summed E-state index contributed by atoms with van der Waals surface area (Å²) in [4.78, 5) is 0. The van der Waals surface area contributed by atoms with Crippen molar-refractivity contribution in [3.63, 3.8) is 0 Å². The molecule has 0 N–H and O–H groups in total. The summed E-state index contributed by atoms with van der Waals surface area (Å²) in [5.74, 6) is 0. The SMILES string of the molecule is COP(=O)(OC1CCCCC1)C1CCCCC1. The fraction of sp³-hybridized carbons (Fsp3) is 1.00. The van der Waals surface area contributed by atoms with Gasteiger partial charge in [0.05, 0.1) is 11.8 Å². The molecule has 2 fully saturated rings. The third kappa shape index (κ3) is 3.56. The summed E-state index contributed by atoms with van der Waals surface area (Å²) in [5.41, 5.74) is 0.156. The van der Waals surface area contributed by atoms with E-state index < -0.39 is 7.60 Å². The van der Waals surface area contributed by atoms with Gasteiger partial charge in [-0.3, -0.25) is 4.57 Å². The van der Waals surface area contributed by atoms with Gasteiger partial charge in [0, 0.05) is 7.11 Å². The fourth-order valence-electron chi connectivity index (χ4n) is 3.05. The average molecular weight is 260 g/mol. The molecule has 1 atom stereocenters. The Balaban J connectivity index is 1.94. The van der Waals surface area contributed by atoms with Crippen LogP contribution >= 0.6 is 7.60 Å². The summed E-state index contributed by atoms with van der Waals surface area (Å²) in [6.45, 7) is 0. The molecule has 0 amide bonds. The van der Waals surface area contributed by atoms with E-state index in [1.807, 2.05) is 0 Å². The minimum Gasteiger partial charge on any atom is -0.312 e. The molecule has 100 valence electrons. The minimum atomic E-state index is -2.84. The van der Waals surface area contributed by atoms with Crippen molar-refractivity contribution < 1.29 is 13.6 Å². The van der Waals surface area contributed by atoms with Crippen LogP contribution < -0.4 is 0 Å². The molecule has 0 spiro atoms. The first-order valence-electron chi connectivity index (χ1n) is 7.08. The normalized spacial score (nSPS) is 27.8. The third-order valence-corrected chi connectivity index (χ3v) is 6.64. The Morgan fingerprint density at radius 2 is 1.41 bits per heavy atom. The van der Waals surface area contributed by atoms with E-state index >= 15 is 0 Å². The van der Waals surface area contributed by atoms with Gasteiger partial charge >= 0.3 is 7.60 Å². The molecule has 3 nitrogen and oxygen atoms in total. The predicted molar refractivity (Wildman–Crippen MR) is 69.4 cm³/mol. The second-order valence-corrected chi connectivity index (χ2v) is 7.77. The summed E-state index contributed by atoms with van der Waals surface area (Å²) >= 11 is 0. The molecule has 0 radical (unpaired) electrons. The molecule has 0 heterocycles. The van der Waals surface area contributed by atoms with E-state index in [-0.39, 0.29) is 11.8 Å². The van der Waals surface area contributed by atoms with E-state index in [0.29, 0.717) is 0 Å². The van der Waals surface area contributed by atoms with Crippen molar-refractivity contribution in [2.24, 2.45) is 0 Å². The molecule has 17 heavy (non-hydrogen) atoms. The lowest BCUT2D eigenvalue weighted by molar-refractivity contribution is 0.120. The highest BCUT2D eigenvalue weighted by Crippen LogP contribution is 2.58. The zero-order valence-electron chi connectivity index (χ0n) is 10.9. The van der Waals surface area contributed by atoms with Gasteiger partial charge in [0.15, 0.2) is 0 Å². The highest BCUT2D eigenvalue weighted by Gasteiger charge is 2.38. The van der Waals surface area contributed by atoms with Crippen LogP contribution in [0.25, 0.3) is 0 Å². The van der Waals surface area contributed by atoms with E-state index in [2.05, 4.69) is 0 Å². The molecule has 1 unspecified atom stereocenters. The summed E-state index contributed by atoms with van der Waals surface area (Å²) in [6, 6.07) is 0. The lowest BCUT2D eigenvalue weighted by atomic mass is 9.98. The maximum atomic E-state index is 12.8. The molecule has 0 bridgehead atoms. The molecule has 2 aliphatic carbocycles. The van der Waals surface area contributed by atoms with E-state index in [0.717, 1.165) is 25.7 Å². The lowest BCUT2D eigenvalue weighted by Gasteiger charge is -2.32. The van der Waals surface area contributed by atoms with Crippen molar-refractivity contribution in [3.8, 4) is 0 Å². The second kappa shape index (κ2) is 6.36. The first kappa shape index (κ1) is 13.6. The summed E-state index contributed by atoms with van der Waals surface area (Å²) in [6.07, 6.45) is 11.6. The summed E-state index contributed by atoms with van der Waals surface area (Å²) in [7, 11) is -1.29. The molecule has 4 heteroatoms. The van der Waals surface area contributed by atoms with Crippen LogP contribution in [-0.4, -0.2) is 18.9 Å². The monoisotopic (exact) mass is 260 g/mol. The number of hydrogen-bond acceptors (Lipinski definition) is 3. The Bertz CT molecular complexity index is 268. The highest BCUT2D eigenvalue weighted by atomic mass is 31.2. The Kier molecular flexibility index (Phi) is 5.08. The quantitative estimate of drug-likeness (QED) is 0.698. The van der Waals surface area contributed by atoms with Gasteiger partial charge in [-0.1, -0.05) is 38.5 Å². The van der Waals surface area contributed by atoms with Gasteiger partial charge in [-0.25, -0.2) is 0 Å². The molecule has 2 saturated carbocycles. The standard InChI is InChI=1S/C13H25O3P/c1-15-17(14,13-10-6-3-7-11-13)16-12-8-4-2-5-9-12/h12-13H,2-11H2,1H3. The van der Waals surface area contributed by atoms with Crippen LogP contribution in [-0.2, 0) is 13.6 Å². The van der Waals surface area contributed by atoms with Crippen molar-refractivity contribution in [2.75, 3.05) is 7.11 Å². The number of rotatable bonds is 4. The molecular formula is C13H25O3P. The van der Waals surface area contributed by atoms with Crippen molar-refractivity contribution >= 4 is 7.60 Å². The van der Waals surface area contributed by atoms with Gasteiger partial charge in [0.25, 0.3) is 0 Å². The van der Waals surface area contributed by atoms with Crippen LogP contribution in [0.2, 0.25) is 0 Å². The van der Waals surface area contributed by atoms with E-state index in [1.54, 1.807) is 7.11 Å². The largest absolute Gasteiger partial charge is 0.333 e. The smallest absolute Gasteiger partial charge is 0.312 e. The molecule has 0 aromatic carbocycles. The van der Waals surface area contributed by atoms with E-state index in [9.17, 15) is 4.57 Å². The van der Waals surface area contributed by atoms with Crippen molar-refractivity contribution in [2.45, 2.75) is 76.0 Å². The van der Waals surface area contributed by atoms with Crippen molar-refractivity contribution in [1.29, 1.82) is 0 Å². The Morgan fingerprint density at radius 3 is 1.94 bits per heavy atom. The average Bonchev–Trinajstić information content (AvgIpc) is 2.41. The van der Waals surface area contributed by atoms with Crippen LogP contribution in [0.3, 0.4) is 0 Å². The molecule has 0 aliphatic heterocycles. The molecule has 0 aromatic heterocycles. The predicted octanol–water partition coefficient (Wildman–Crippen LogP) is 4.51. The first-order valence-corrected chi connectivity index (χ1v) is 8.69. The van der Waals surface area contributed by atoms with Gasteiger partial charge in [0.1, 0.15) is 0 Å². The number of hydrogen-bond donors (Lipinski definition) is 0. The van der Waals surface area contributed by atoms with Gasteiger partial charge < -0.3 is 9.05 Å². The Hall–Kier alpha value is 0.150. The molecule has 2 aliphatic rings. The molecule has 0 aromatic rings. The topological polar surface area (TPSA) is 35.5 Å². The maximum absolute atomic E-state index is 12.8. The highest BCUT2D eigenvalue weighted by molar-refractivity contribution is 7.54. The fourth-order valence-corrected chi connectivity index (χ4v) is 5.23. The van der Waals surface area contributed by atoms with Crippen LogP contribution in [0.15, 0.2) is 0 Å².